The molecule has 0 bridgehead atoms. The quantitative estimate of drug-likeness (QED) is 0.406. The van der Waals surface area contributed by atoms with Crippen molar-refractivity contribution in [2.45, 2.75) is 11.7 Å². The van der Waals surface area contributed by atoms with Crippen LogP contribution in [0.2, 0.25) is 0 Å². The summed E-state index contributed by atoms with van der Waals surface area (Å²) in [7, 11) is 1.94. The fourth-order valence-corrected chi connectivity index (χ4v) is 3.00. The molecule has 2 aromatic heterocycles. The fraction of sp³-hybridized carbons (Fsp3) is 0.214. The van der Waals surface area contributed by atoms with Gasteiger partial charge in [-0.3, -0.25) is 0 Å². The number of fused-ring (bicyclic) bond motifs is 1. The maximum Gasteiger partial charge on any atom is 0.191 e. The molecule has 7 heteroatoms. The van der Waals surface area contributed by atoms with Crippen LogP contribution in [0.3, 0.4) is 0 Å². The minimum Gasteiger partial charge on any atom is -0.364 e. The van der Waals surface area contributed by atoms with E-state index in [0.717, 1.165) is 22.1 Å². The van der Waals surface area contributed by atoms with Crippen LogP contribution in [-0.2, 0) is 13.6 Å². The SMILES string of the molecule is CSc1nc(NCc2cccc(I)c2)c2ncn(C)c2n1. The molecule has 0 saturated carbocycles. The lowest BCUT2D eigenvalue weighted by atomic mass is 10.2. The summed E-state index contributed by atoms with van der Waals surface area (Å²) in [6, 6.07) is 8.39. The smallest absolute Gasteiger partial charge is 0.191 e. The second-order valence-electron chi connectivity index (χ2n) is 4.57. The van der Waals surface area contributed by atoms with E-state index < -0.39 is 0 Å². The van der Waals surface area contributed by atoms with Crippen LogP contribution >= 0.6 is 34.4 Å². The standard InChI is InChI=1S/C14H14IN5S/c1-20-8-17-11-12(18-14(21-2)19-13(11)20)16-7-9-4-3-5-10(15)6-9/h3-6,8H,7H2,1-2H3,(H,16,18,19). The Morgan fingerprint density at radius 2 is 2.19 bits per heavy atom. The number of nitrogens with one attached hydrogen (secondary N) is 1. The third kappa shape index (κ3) is 3.13. The molecule has 1 N–H and O–H groups in total. The molecule has 0 unspecified atom stereocenters. The van der Waals surface area contributed by atoms with Crippen molar-refractivity contribution >= 4 is 51.3 Å². The second kappa shape index (κ2) is 6.18. The maximum atomic E-state index is 4.53. The Bertz CT molecular complexity index is 786. The number of imidazole rings is 1. The van der Waals surface area contributed by atoms with Crippen LogP contribution in [0.25, 0.3) is 11.2 Å². The average molecular weight is 411 g/mol. The minimum atomic E-state index is 0.716. The number of benzene rings is 1. The van der Waals surface area contributed by atoms with Crippen molar-refractivity contribution in [2.24, 2.45) is 7.05 Å². The highest BCUT2D eigenvalue weighted by atomic mass is 127. The summed E-state index contributed by atoms with van der Waals surface area (Å²) < 4.78 is 3.13. The van der Waals surface area contributed by atoms with Gasteiger partial charge in [0.2, 0.25) is 0 Å². The molecule has 0 aliphatic rings. The Morgan fingerprint density at radius 1 is 1.33 bits per heavy atom. The summed E-state index contributed by atoms with van der Waals surface area (Å²) in [6.07, 6.45) is 3.74. The molecular formula is C14H14IN5S. The first-order chi connectivity index (χ1) is 10.2. The first-order valence-corrected chi connectivity index (χ1v) is 8.69. The van der Waals surface area contributed by atoms with Crippen LogP contribution in [0.5, 0.6) is 0 Å². The maximum absolute atomic E-state index is 4.53. The van der Waals surface area contributed by atoms with Crippen molar-refractivity contribution in [3.8, 4) is 0 Å². The van der Waals surface area contributed by atoms with Gasteiger partial charge in [0.15, 0.2) is 22.1 Å². The van der Waals surface area contributed by atoms with Gasteiger partial charge in [0, 0.05) is 17.2 Å². The largest absolute Gasteiger partial charge is 0.364 e. The van der Waals surface area contributed by atoms with Crippen molar-refractivity contribution in [1.82, 2.24) is 19.5 Å². The van der Waals surface area contributed by atoms with E-state index in [-0.39, 0.29) is 0 Å². The van der Waals surface area contributed by atoms with Crippen LogP contribution in [0.1, 0.15) is 5.56 Å². The third-order valence-electron chi connectivity index (χ3n) is 3.07. The van der Waals surface area contributed by atoms with E-state index in [0.29, 0.717) is 6.54 Å². The number of hydrogen-bond donors (Lipinski definition) is 1. The lowest BCUT2D eigenvalue weighted by Crippen LogP contribution is -2.04. The van der Waals surface area contributed by atoms with E-state index in [1.807, 2.05) is 17.9 Å². The number of thioether (sulfide) groups is 1. The molecule has 0 aliphatic heterocycles. The fourth-order valence-electron chi connectivity index (χ4n) is 2.03. The highest BCUT2D eigenvalue weighted by molar-refractivity contribution is 14.1. The predicted octanol–water partition coefficient (Wildman–Crippen LogP) is 3.30. The third-order valence-corrected chi connectivity index (χ3v) is 4.29. The summed E-state index contributed by atoms with van der Waals surface area (Å²) in [5.74, 6) is 0.781. The van der Waals surface area contributed by atoms with E-state index in [4.69, 9.17) is 0 Å². The highest BCUT2D eigenvalue weighted by Gasteiger charge is 2.11. The van der Waals surface area contributed by atoms with Gasteiger partial charge in [0.25, 0.3) is 0 Å². The number of aromatic nitrogens is 4. The van der Waals surface area contributed by atoms with Gasteiger partial charge >= 0.3 is 0 Å². The van der Waals surface area contributed by atoms with Gasteiger partial charge in [-0.2, -0.15) is 0 Å². The molecule has 0 saturated heterocycles. The Labute approximate surface area is 140 Å². The normalized spacial score (nSPS) is 11.0. The van der Waals surface area contributed by atoms with Crippen molar-refractivity contribution in [1.29, 1.82) is 0 Å². The Hall–Kier alpha value is -1.35. The summed E-state index contributed by atoms with van der Waals surface area (Å²) >= 11 is 3.85. The number of hydrogen-bond acceptors (Lipinski definition) is 5. The predicted molar refractivity (Wildman–Crippen MR) is 94.6 cm³/mol. The summed E-state index contributed by atoms with van der Waals surface area (Å²) in [4.78, 5) is 13.4. The first kappa shape index (κ1) is 14.6. The van der Waals surface area contributed by atoms with Crippen molar-refractivity contribution < 1.29 is 0 Å². The van der Waals surface area contributed by atoms with Gasteiger partial charge in [-0.05, 0) is 46.5 Å². The molecule has 0 atom stereocenters. The monoisotopic (exact) mass is 411 g/mol. The zero-order valence-electron chi connectivity index (χ0n) is 11.7. The number of halogens is 1. The number of nitrogens with zero attached hydrogens (tertiary/aromatic N) is 4. The second-order valence-corrected chi connectivity index (χ2v) is 6.59. The molecule has 0 spiro atoms. The molecular weight excluding hydrogens is 397 g/mol. The van der Waals surface area contributed by atoms with Gasteiger partial charge in [-0.15, -0.1) is 0 Å². The van der Waals surface area contributed by atoms with E-state index in [9.17, 15) is 0 Å². The van der Waals surface area contributed by atoms with Crippen molar-refractivity contribution in [3.63, 3.8) is 0 Å². The number of rotatable bonds is 4. The van der Waals surface area contributed by atoms with Crippen molar-refractivity contribution in [2.75, 3.05) is 11.6 Å². The van der Waals surface area contributed by atoms with Crippen LogP contribution in [0.15, 0.2) is 35.7 Å². The molecule has 0 radical (unpaired) electrons. The molecule has 1 aromatic carbocycles. The molecule has 0 amide bonds. The van der Waals surface area contributed by atoms with E-state index in [1.165, 1.54) is 20.9 Å². The van der Waals surface area contributed by atoms with Crippen LogP contribution < -0.4 is 5.32 Å². The molecule has 3 aromatic rings. The molecule has 3 rings (SSSR count). The van der Waals surface area contributed by atoms with Crippen molar-refractivity contribution in [3.05, 3.63) is 39.7 Å². The summed E-state index contributed by atoms with van der Waals surface area (Å²) in [6.45, 7) is 0.716. The van der Waals surface area contributed by atoms with Crippen LogP contribution in [0.4, 0.5) is 5.82 Å². The average Bonchev–Trinajstić information content (AvgIpc) is 2.86. The molecule has 0 aliphatic carbocycles. The molecule has 0 fully saturated rings. The van der Waals surface area contributed by atoms with Gasteiger partial charge in [0.05, 0.1) is 6.33 Å². The Balaban J connectivity index is 1.92. The summed E-state index contributed by atoms with van der Waals surface area (Å²) in [5, 5.41) is 4.12. The van der Waals surface area contributed by atoms with Gasteiger partial charge < -0.3 is 9.88 Å². The summed E-state index contributed by atoms with van der Waals surface area (Å²) in [5.41, 5.74) is 2.87. The lowest BCUT2D eigenvalue weighted by molar-refractivity contribution is 0.900. The lowest BCUT2D eigenvalue weighted by Gasteiger charge is -2.08. The Kier molecular flexibility index (Phi) is 4.29. The van der Waals surface area contributed by atoms with E-state index in [1.54, 1.807) is 6.33 Å². The number of aryl methyl sites for hydroxylation is 1. The molecule has 108 valence electrons. The first-order valence-electron chi connectivity index (χ1n) is 6.39. The molecule has 5 nitrogen and oxygen atoms in total. The van der Waals surface area contributed by atoms with Crippen LogP contribution in [0, 0.1) is 3.57 Å². The highest BCUT2D eigenvalue weighted by Crippen LogP contribution is 2.22. The molecule has 2 heterocycles. The zero-order valence-corrected chi connectivity index (χ0v) is 14.6. The Morgan fingerprint density at radius 3 is 2.95 bits per heavy atom. The van der Waals surface area contributed by atoms with E-state index >= 15 is 0 Å². The van der Waals surface area contributed by atoms with Gasteiger partial charge in [-0.25, -0.2) is 15.0 Å². The van der Waals surface area contributed by atoms with Gasteiger partial charge in [-0.1, -0.05) is 23.9 Å². The van der Waals surface area contributed by atoms with Crippen LogP contribution in [-0.4, -0.2) is 25.8 Å². The minimum absolute atomic E-state index is 0.716. The van der Waals surface area contributed by atoms with E-state index in [2.05, 4.69) is 67.1 Å². The molecule has 21 heavy (non-hydrogen) atoms. The topological polar surface area (TPSA) is 55.6 Å². The zero-order chi connectivity index (χ0) is 14.8. The van der Waals surface area contributed by atoms with Gasteiger partial charge in [0.1, 0.15) is 0 Å². The number of anilines is 1.